The molecule has 0 aromatic heterocycles. The summed E-state index contributed by atoms with van der Waals surface area (Å²) in [5, 5.41) is 9.38. The minimum Gasteiger partial charge on any atom is -0.444 e. The number of ether oxygens (including phenoxy) is 1. The fourth-order valence-electron chi connectivity index (χ4n) is 3.00. The second-order valence-electron chi connectivity index (χ2n) is 7.82. The van der Waals surface area contributed by atoms with E-state index in [1.165, 1.54) is 5.56 Å². The Balaban J connectivity index is 1.74. The molecule has 0 bridgehead atoms. The average molecular weight is 312 g/mol. The number of rotatable bonds is 4. The molecule has 1 aromatic carbocycles. The zero-order chi connectivity index (χ0) is 16.7. The van der Waals surface area contributed by atoms with Crippen LogP contribution in [0.5, 0.6) is 0 Å². The number of nitrogens with zero attached hydrogens (tertiary/aromatic N) is 2. The van der Waals surface area contributed by atoms with E-state index in [-0.39, 0.29) is 17.6 Å². The van der Waals surface area contributed by atoms with Crippen molar-refractivity contribution in [3.8, 4) is 6.07 Å². The van der Waals surface area contributed by atoms with E-state index in [0.717, 1.165) is 19.3 Å². The molecule has 1 aromatic rings. The first kappa shape index (κ1) is 15.9. The minimum absolute atomic E-state index is 0.151. The lowest BCUT2D eigenvalue weighted by molar-refractivity contribution is 0.0204. The van der Waals surface area contributed by atoms with E-state index in [4.69, 9.17) is 4.74 Å². The van der Waals surface area contributed by atoms with Crippen LogP contribution in [-0.4, -0.2) is 29.2 Å². The molecule has 2 aliphatic rings. The number of carbonyl (C=O) groups excluding carboxylic acids is 1. The summed E-state index contributed by atoms with van der Waals surface area (Å²) in [5.41, 5.74) is 0.393. The summed E-state index contributed by atoms with van der Waals surface area (Å²) in [6.45, 7) is 6.12. The predicted octanol–water partition coefficient (Wildman–Crippen LogP) is 4.08. The lowest BCUT2D eigenvalue weighted by Crippen LogP contribution is -2.41. The molecule has 122 valence electrons. The number of hydrogen-bond donors (Lipinski definition) is 0. The van der Waals surface area contributed by atoms with Gasteiger partial charge in [0.1, 0.15) is 5.60 Å². The van der Waals surface area contributed by atoms with Gasteiger partial charge in [0.15, 0.2) is 0 Å². The average Bonchev–Trinajstić information content (AvgIpc) is 3.39. The lowest BCUT2D eigenvalue weighted by Gasteiger charge is -2.29. The number of amides is 1. The third-order valence-electron chi connectivity index (χ3n) is 4.58. The third kappa shape index (κ3) is 3.67. The van der Waals surface area contributed by atoms with Gasteiger partial charge in [-0.2, -0.15) is 5.26 Å². The van der Waals surface area contributed by atoms with Crippen LogP contribution in [-0.2, 0) is 4.74 Å². The van der Waals surface area contributed by atoms with E-state index in [1.54, 1.807) is 4.90 Å². The van der Waals surface area contributed by atoms with Crippen molar-refractivity contribution in [2.75, 3.05) is 6.54 Å². The van der Waals surface area contributed by atoms with Crippen molar-refractivity contribution in [2.24, 2.45) is 5.41 Å². The van der Waals surface area contributed by atoms with E-state index < -0.39 is 5.60 Å². The van der Waals surface area contributed by atoms with Crippen LogP contribution in [0.2, 0.25) is 0 Å². The van der Waals surface area contributed by atoms with Crippen molar-refractivity contribution in [1.29, 1.82) is 5.26 Å². The topological polar surface area (TPSA) is 53.3 Å². The molecule has 0 saturated heterocycles. The molecule has 4 nitrogen and oxygen atoms in total. The van der Waals surface area contributed by atoms with Gasteiger partial charge in [0.2, 0.25) is 0 Å². The minimum atomic E-state index is -0.518. The zero-order valence-electron chi connectivity index (χ0n) is 14.1. The SMILES string of the molecule is CC(C)(C)OC(=O)N(CC1(C#N)CC1)C1CC1c1ccccc1. The Bertz CT molecular complexity index is 623. The van der Waals surface area contributed by atoms with Crippen LogP contribution in [0.4, 0.5) is 4.79 Å². The largest absolute Gasteiger partial charge is 0.444 e. The van der Waals surface area contributed by atoms with Crippen molar-refractivity contribution in [2.45, 2.75) is 57.6 Å². The van der Waals surface area contributed by atoms with Crippen molar-refractivity contribution < 1.29 is 9.53 Å². The Morgan fingerprint density at radius 2 is 2.00 bits per heavy atom. The molecule has 2 unspecified atom stereocenters. The first-order valence-corrected chi connectivity index (χ1v) is 8.29. The highest BCUT2D eigenvalue weighted by molar-refractivity contribution is 5.70. The van der Waals surface area contributed by atoms with Gasteiger partial charge >= 0.3 is 6.09 Å². The Hall–Kier alpha value is -2.02. The van der Waals surface area contributed by atoms with Crippen LogP contribution in [0, 0.1) is 16.7 Å². The maximum Gasteiger partial charge on any atom is 0.410 e. The molecule has 2 aliphatic carbocycles. The molecule has 0 heterocycles. The normalized spacial score (nSPS) is 24.4. The smallest absolute Gasteiger partial charge is 0.410 e. The summed E-state index contributed by atoms with van der Waals surface area (Å²) in [6, 6.07) is 12.8. The number of benzene rings is 1. The van der Waals surface area contributed by atoms with Crippen LogP contribution < -0.4 is 0 Å². The lowest BCUT2D eigenvalue weighted by atomic mass is 10.1. The number of carbonyl (C=O) groups is 1. The van der Waals surface area contributed by atoms with Gasteiger partial charge in [-0.25, -0.2) is 4.79 Å². The maximum atomic E-state index is 12.6. The first-order chi connectivity index (χ1) is 10.8. The molecule has 4 heteroatoms. The summed E-state index contributed by atoms with van der Waals surface area (Å²) in [4.78, 5) is 14.4. The van der Waals surface area contributed by atoms with Gasteiger partial charge in [0.05, 0.1) is 11.5 Å². The summed E-state index contributed by atoms with van der Waals surface area (Å²) in [7, 11) is 0. The van der Waals surface area contributed by atoms with E-state index in [9.17, 15) is 10.1 Å². The van der Waals surface area contributed by atoms with Gasteiger partial charge in [-0.15, -0.1) is 0 Å². The van der Waals surface area contributed by atoms with Gasteiger partial charge in [-0.05, 0) is 45.6 Å². The fraction of sp³-hybridized carbons (Fsp3) is 0.579. The van der Waals surface area contributed by atoms with Crippen LogP contribution in [0.25, 0.3) is 0 Å². The van der Waals surface area contributed by atoms with Gasteiger partial charge in [0.25, 0.3) is 0 Å². The van der Waals surface area contributed by atoms with Crippen molar-refractivity contribution in [1.82, 2.24) is 4.90 Å². The zero-order valence-corrected chi connectivity index (χ0v) is 14.1. The van der Waals surface area contributed by atoms with Gasteiger partial charge in [0, 0.05) is 18.5 Å². The standard InChI is InChI=1S/C19H24N2O2/c1-18(2,3)23-17(22)21(13-19(12-20)9-10-19)16-11-15(16)14-7-5-4-6-8-14/h4-8,15-16H,9-11,13H2,1-3H3. The van der Waals surface area contributed by atoms with E-state index in [1.807, 2.05) is 39.0 Å². The summed E-state index contributed by atoms with van der Waals surface area (Å²) >= 11 is 0. The summed E-state index contributed by atoms with van der Waals surface area (Å²) in [5.74, 6) is 0.359. The van der Waals surface area contributed by atoms with Crippen LogP contribution in [0.15, 0.2) is 30.3 Å². The molecule has 23 heavy (non-hydrogen) atoms. The molecule has 2 atom stereocenters. The number of nitriles is 1. The third-order valence-corrected chi connectivity index (χ3v) is 4.58. The second-order valence-corrected chi connectivity index (χ2v) is 7.82. The molecule has 3 rings (SSSR count). The molecule has 0 aliphatic heterocycles. The summed E-state index contributed by atoms with van der Waals surface area (Å²) < 4.78 is 5.58. The molecule has 0 N–H and O–H groups in total. The Morgan fingerprint density at radius 3 is 2.52 bits per heavy atom. The number of hydrogen-bond acceptors (Lipinski definition) is 3. The fourth-order valence-corrected chi connectivity index (χ4v) is 3.00. The van der Waals surface area contributed by atoms with E-state index >= 15 is 0 Å². The second kappa shape index (κ2) is 5.56. The van der Waals surface area contributed by atoms with Crippen molar-refractivity contribution in [3.63, 3.8) is 0 Å². The van der Waals surface area contributed by atoms with Gasteiger partial charge in [-0.1, -0.05) is 30.3 Å². The quantitative estimate of drug-likeness (QED) is 0.841. The summed E-state index contributed by atoms with van der Waals surface area (Å²) in [6.07, 6.45) is 2.42. The predicted molar refractivity (Wildman–Crippen MR) is 87.8 cm³/mol. The molecular weight excluding hydrogens is 288 g/mol. The Kier molecular flexibility index (Phi) is 3.83. The van der Waals surface area contributed by atoms with Crippen LogP contribution in [0.1, 0.15) is 51.5 Å². The molecular formula is C19H24N2O2. The van der Waals surface area contributed by atoms with Crippen molar-refractivity contribution in [3.05, 3.63) is 35.9 Å². The molecule has 2 fully saturated rings. The highest BCUT2D eigenvalue weighted by Crippen LogP contribution is 2.50. The molecule has 1 amide bonds. The first-order valence-electron chi connectivity index (χ1n) is 8.29. The molecule has 2 saturated carbocycles. The monoisotopic (exact) mass is 312 g/mol. The maximum absolute atomic E-state index is 12.6. The van der Waals surface area contributed by atoms with Crippen molar-refractivity contribution >= 4 is 6.09 Å². The van der Waals surface area contributed by atoms with Crippen LogP contribution >= 0.6 is 0 Å². The van der Waals surface area contributed by atoms with Gasteiger partial charge in [-0.3, -0.25) is 0 Å². The Morgan fingerprint density at radius 1 is 1.35 bits per heavy atom. The molecule has 0 radical (unpaired) electrons. The van der Waals surface area contributed by atoms with E-state index in [0.29, 0.717) is 12.5 Å². The Labute approximate surface area is 138 Å². The van der Waals surface area contributed by atoms with Crippen LogP contribution in [0.3, 0.4) is 0 Å². The van der Waals surface area contributed by atoms with Gasteiger partial charge < -0.3 is 9.64 Å². The molecule has 0 spiro atoms. The highest BCUT2D eigenvalue weighted by Gasteiger charge is 2.52. The highest BCUT2D eigenvalue weighted by atomic mass is 16.6. The van der Waals surface area contributed by atoms with E-state index in [2.05, 4.69) is 18.2 Å².